The SMILES string of the molecule is CCOC(=O)CN(C)CC(=O)N1CCS[C@H]1c1ccccc1Cl. The molecule has 1 aromatic rings. The van der Waals surface area contributed by atoms with Crippen molar-refractivity contribution in [3.63, 3.8) is 0 Å². The summed E-state index contributed by atoms with van der Waals surface area (Å²) in [5.41, 5.74) is 0.957. The number of amides is 1. The highest BCUT2D eigenvalue weighted by Gasteiger charge is 2.32. The number of thioether (sulfide) groups is 1. The smallest absolute Gasteiger partial charge is 0.320 e. The van der Waals surface area contributed by atoms with Gasteiger partial charge in [0, 0.05) is 22.9 Å². The van der Waals surface area contributed by atoms with Crippen LogP contribution in [-0.4, -0.2) is 60.7 Å². The van der Waals surface area contributed by atoms with Crippen LogP contribution < -0.4 is 0 Å². The van der Waals surface area contributed by atoms with Crippen LogP contribution in [0, 0.1) is 0 Å². The van der Waals surface area contributed by atoms with Gasteiger partial charge in [0.05, 0.1) is 19.7 Å². The third-order valence-electron chi connectivity index (χ3n) is 3.49. The lowest BCUT2D eigenvalue weighted by Gasteiger charge is -2.26. The molecule has 0 bridgehead atoms. The molecule has 0 unspecified atom stereocenters. The maximum atomic E-state index is 12.6. The Kier molecular flexibility index (Phi) is 6.74. The first-order valence-electron chi connectivity index (χ1n) is 7.52. The number of carbonyl (C=O) groups is 2. The van der Waals surface area contributed by atoms with Gasteiger partial charge in [0.1, 0.15) is 5.37 Å². The minimum atomic E-state index is -0.318. The van der Waals surface area contributed by atoms with Gasteiger partial charge in [-0.25, -0.2) is 0 Å². The number of halogens is 1. The van der Waals surface area contributed by atoms with Crippen molar-refractivity contribution < 1.29 is 14.3 Å². The van der Waals surface area contributed by atoms with Crippen molar-refractivity contribution in [1.82, 2.24) is 9.80 Å². The Labute approximate surface area is 145 Å². The summed E-state index contributed by atoms with van der Waals surface area (Å²) in [5.74, 6) is 0.552. The Hall–Kier alpha value is -1.24. The highest BCUT2D eigenvalue weighted by Crippen LogP contribution is 2.40. The minimum absolute atomic E-state index is 0.00767. The molecule has 0 aliphatic carbocycles. The summed E-state index contributed by atoms with van der Waals surface area (Å²) in [4.78, 5) is 27.5. The van der Waals surface area contributed by atoms with E-state index in [4.69, 9.17) is 16.3 Å². The van der Waals surface area contributed by atoms with E-state index in [1.807, 2.05) is 29.2 Å². The summed E-state index contributed by atoms with van der Waals surface area (Å²) in [6, 6.07) is 7.60. The van der Waals surface area contributed by atoms with Crippen LogP contribution in [0.3, 0.4) is 0 Å². The van der Waals surface area contributed by atoms with Gasteiger partial charge in [-0.15, -0.1) is 11.8 Å². The van der Waals surface area contributed by atoms with Gasteiger partial charge in [-0.05, 0) is 20.0 Å². The molecule has 0 aromatic heterocycles. The standard InChI is InChI=1S/C16H21ClN2O3S/c1-3-22-15(21)11-18(2)10-14(20)19-8-9-23-16(19)12-6-4-5-7-13(12)17/h4-7,16H,3,8-11H2,1-2H3/t16-/m0/s1. The largest absolute Gasteiger partial charge is 0.465 e. The number of ether oxygens (including phenoxy) is 1. The lowest BCUT2D eigenvalue weighted by molar-refractivity contribution is -0.144. The highest BCUT2D eigenvalue weighted by atomic mass is 35.5. The van der Waals surface area contributed by atoms with Gasteiger partial charge >= 0.3 is 5.97 Å². The van der Waals surface area contributed by atoms with E-state index < -0.39 is 0 Å². The molecule has 0 spiro atoms. The molecule has 1 aromatic carbocycles. The molecule has 1 atom stereocenters. The van der Waals surface area contributed by atoms with Crippen molar-refractivity contribution in [3.05, 3.63) is 34.9 Å². The third kappa shape index (κ3) is 4.86. The van der Waals surface area contributed by atoms with Gasteiger partial charge in [-0.2, -0.15) is 0 Å². The first kappa shape index (κ1) is 18.1. The van der Waals surface area contributed by atoms with Crippen LogP contribution in [0.2, 0.25) is 5.02 Å². The maximum Gasteiger partial charge on any atom is 0.320 e. The van der Waals surface area contributed by atoms with Crippen molar-refractivity contribution in [2.45, 2.75) is 12.3 Å². The van der Waals surface area contributed by atoms with Crippen molar-refractivity contribution in [2.24, 2.45) is 0 Å². The fourth-order valence-corrected chi connectivity index (χ4v) is 4.08. The van der Waals surface area contributed by atoms with Gasteiger partial charge in [-0.1, -0.05) is 29.8 Å². The van der Waals surface area contributed by atoms with Gasteiger partial charge in [0.2, 0.25) is 5.91 Å². The Morgan fingerprint density at radius 3 is 2.83 bits per heavy atom. The van der Waals surface area contributed by atoms with Crippen LogP contribution in [0.25, 0.3) is 0 Å². The summed E-state index contributed by atoms with van der Waals surface area (Å²) in [6.07, 6.45) is 0. The Morgan fingerprint density at radius 2 is 2.13 bits per heavy atom. The van der Waals surface area contributed by atoms with Crippen molar-refractivity contribution in [3.8, 4) is 0 Å². The van der Waals surface area contributed by atoms with E-state index >= 15 is 0 Å². The Balaban J connectivity index is 1.98. The van der Waals surface area contributed by atoms with E-state index in [-0.39, 0.29) is 30.3 Å². The van der Waals surface area contributed by atoms with Crippen molar-refractivity contribution in [1.29, 1.82) is 0 Å². The lowest BCUT2D eigenvalue weighted by Crippen LogP contribution is -2.40. The number of nitrogens with zero attached hydrogens (tertiary/aromatic N) is 2. The summed E-state index contributed by atoms with van der Waals surface area (Å²) < 4.78 is 4.90. The molecule has 126 valence electrons. The Morgan fingerprint density at radius 1 is 1.39 bits per heavy atom. The fraction of sp³-hybridized carbons (Fsp3) is 0.500. The molecule has 1 amide bonds. The first-order valence-corrected chi connectivity index (χ1v) is 8.95. The summed E-state index contributed by atoms with van der Waals surface area (Å²) >= 11 is 7.97. The molecule has 0 radical (unpaired) electrons. The van der Waals surface area contributed by atoms with Crippen LogP contribution in [0.1, 0.15) is 17.9 Å². The predicted molar refractivity (Wildman–Crippen MR) is 92.5 cm³/mol. The van der Waals surface area contributed by atoms with Crippen LogP contribution in [0.15, 0.2) is 24.3 Å². The lowest BCUT2D eigenvalue weighted by atomic mass is 10.2. The highest BCUT2D eigenvalue weighted by molar-refractivity contribution is 7.99. The molecule has 1 fully saturated rings. The fourth-order valence-electron chi connectivity index (χ4n) is 2.46. The molecule has 1 saturated heterocycles. The second kappa shape index (κ2) is 8.57. The quantitative estimate of drug-likeness (QED) is 0.733. The molecule has 5 nitrogen and oxygen atoms in total. The second-order valence-electron chi connectivity index (χ2n) is 5.31. The van der Waals surface area contributed by atoms with Crippen LogP contribution in [-0.2, 0) is 14.3 Å². The van der Waals surface area contributed by atoms with Crippen molar-refractivity contribution >= 4 is 35.2 Å². The van der Waals surface area contributed by atoms with E-state index in [1.165, 1.54) is 0 Å². The monoisotopic (exact) mass is 356 g/mol. The summed E-state index contributed by atoms with van der Waals surface area (Å²) in [6.45, 7) is 3.08. The average molecular weight is 357 g/mol. The van der Waals surface area contributed by atoms with Gasteiger partial charge in [-0.3, -0.25) is 14.5 Å². The molecular weight excluding hydrogens is 336 g/mol. The average Bonchev–Trinajstić information content (AvgIpc) is 2.97. The van der Waals surface area contributed by atoms with E-state index in [9.17, 15) is 9.59 Å². The maximum absolute atomic E-state index is 12.6. The molecule has 7 heteroatoms. The van der Waals surface area contributed by atoms with E-state index in [0.717, 1.165) is 11.3 Å². The summed E-state index contributed by atoms with van der Waals surface area (Å²) in [5, 5.41) is 0.608. The van der Waals surface area contributed by atoms with Gasteiger partial charge in [0.15, 0.2) is 0 Å². The number of hydrogen-bond donors (Lipinski definition) is 0. The zero-order chi connectivity index (χ0) is 16.8. The molecule has 0 saturated carbocycles. The minimum Gasteiger partial charge on any atom is -0.465 e. The molecule has 1 aliphatic heterocycles. The third-order valence-corrected chi connectivity index (χ3v) is 5.08. The normalized spacial score (nSPS) is 17.6. The van der Waals surface area contributed by atoms with Crippen LogP contribution in [0.4, 0.5) is 0 Å². The Bertz CT molecular complexity index is 570. The topological polar surface area (TPSA) is 49.9 Å². The molecule has 23 heavy (non-hydrogen) atoms. The first-order chi connectivity index (χ1) is 11.0. The van der Waals surface area contributed by atoms with E-state index in [1.54, 1.807) is 30.6 Å². The number of rotatable bonds is 6. The van der Waals surface area contributed by atoms with Gasteiger partial charge < -0.3 is 9.64 Å². The second-order valence-corrected chi connectivity index (χ2v) is 6.90. The van der Waals surface area contributed by atoms with Crippen LogP contribution in [0.5, 0.6) is 0 Å². The van der Waals surface area contributed by atoms with Crippen molar-refractivity contribution in [2.75, 3.05) is 39.0 Å². The predicted octanol–water partition coefficient (Wildman–Crippen LogP) is 2.41. The number of hydrogen-bond acceptors (Lipinski definition) is 5. The van der Waals surface area contributed by atoms with Gasteiger partial charge in [0.25, 0.3) is 0 Å². The molecule has 1 heterocycles. The number of likely N-dealkylation sites (N-methyl/N-ethyl adjacent to an activating group) is 1. The molecule has 0 N–H and O–H groups in total. The van der Waals surface area contributed by atoms with E-state index in [0.29, 0.717) is 18.2 Å². The molecular formula is C16H21ClN2O3S. The molecule has 1 aliphatic rings. The zero-order valence-corrected chi connectivity index (χ0v) is 14.9. The van der Waals surface area contributed by atoms with E-state index in [2.05, 4.69) is 0 Å². The molecule has 2 rings (SSSR count). The number of esters is 1. The van der Waals surface area contributed by atoms with Crippen LogP contribution >= 0.6 is 23.4 Å². The summed E-state index contributed by atoms with van der Waals surface area (Å²) in [7, 11) is 1.74. The number of benzene rings is 1. The number of carbonyl (C=O) groups excluding carboxylic acids is 2. The zero-order valence-electron chi connectivity index (χ0n) is 13.3.